The Morgan fingerprint density at radius 3 is 1.55 bits per heavy atom. The lowest BCUT2D eigenvalue weighted by atomic mass is 9.96. The highest BCUT2D eigenvalue weighted by atomic mass is 19.4. The van der Waals surface area contributed by atoms with Crippen LogP contribution in [0.4, 0.5) is 65.9 Å². The van der Waals surface area contributed by atoms with E-state index in [0.717, 1.165) is 0 Å². The van der Waals surface area contributed by atoms with Crippen LogP contribution in [0.5, 0.6) is 0 Å². The molecule has 0 N–H and O–H groups in total. The number of ether oxygens (including phenoxy) is 1. The highest BCUT2D eigenvalue weighted by molar-refractivity contribution is 5.89. The molecule has 1 atom stereocenters. The van der Waals surface area contributed by atoms with E-state index in [0.29, 0.717) is 0 Å². The summed E-state index contributed by atoms with van der Waals surface area (Å²) in [5.41, 5.74) is -2.92. The normalized spacial score (nSPS) is 15.8. The van der Waals surface area contributed by atoms with E-state index < -0.39 is 66.8 Å². The molecule has 0 aromatic carbocycles. The van der Waals surface area contributed by atoms with Gasteiger partial charge >= 0.3 is 42.2 Å². The van der Waals surface area contributed by atoms with E-state index in [-0.39, 0.29) is 0 Å². The van der Waals surface area contributed by atoms with Gasteiger partial charge in [0.1, 0.15) is 5.57 Å². The molecule has 0 aromatic rings. The molecule has 0 aliphatic carbocycles. The van der Waals surface area contributed by atoms with Gasteiger partial charge in [-0.15, -0.1) is 0 Å². The van der Waals surface area contributed by atoms with Crippen molar-refractivity contribution < 1.29 is 75.4 Å². The van der Waals surface area contributed by atoms with Crippen molar-refractivity contribution in [3.8, 4) is 0 Å². The highest BCUT2D eigenvalue weighted by Gasteiger charge is 2.84. The maximum absolute atomic E-state index is 13.3. The van der Waals surface area contributed by atoms with Crippen molar-refractivity contribution in [1.82, 2.24) is 0 Å². The summed E-state index contributed by atoms with van der Waals surface area (Å²) in [6.07, 6.45) is -28.2. The second-order valence-electron chi connectivity index (χ2n) is 5.28. The molecule has 0 aliphatic rings. The average molecular weight is 468 g/mol. The van der Waals surface area contributed by atoms with Crippen molar-refractivity contribution in [2.45, 2.75) is 55.2 Å². The third-order valence-electron chi connectivity index (χ3n) is 3.06. The zero-order valence-electron chi connectivity index (χ0n) is 13.2. The Labute approximate surface area is 150 Å². The van der Waals surface area contributed by atoms with Gasteiger partial charge in [0.25, 0.3) is 0 Å². The number of carbonyl (C=O) groups excluding carboxylic acids is 1. The van der Waals surface area contributed by atoms with Crippen LogP contribution in [0.15, 0.2) is 12.2 Å². The highest BCUT2D eigenvalue weighted by Crippen LogP contribution is 2.55. The molecule has 0 radical (unpaired) electrons. The first kappa shape index (κ1) is 27.2. The second kappa shape index (κ2) is 7.77. The fourth-order valence-corrected chi connectivity index (χ4v) is 1.42. The molecule has 29 heavy (non-hydrogen) atoms. The summed E-state index contributed by atoms with van der Waals surface area (Å²) in [6, 6.07) is 0. The van der Waals surface area contributed by atoms with E-state index in [4.69, 9.17) is 0 Å². The Bertz CT molecular complexity index is 616. The van der Waals surface area contributed by atoms with Gasteiger partial charge in [-0.2, -0.15) is 61.5 Å². The van der Waals surface area contributed by atoms with Crippen molar-refractivity contribution in [3.05, 3.63) is 12.2 Å². The standard InChI is InChI=1S/C12H7F15O2/c1-4(9(19,20)21)6(28)29-12(26,27)11(24,25)10(22,23)8(17,18)5(13)2-3-7(14,15)16/h5H,1-3H2. The molecule has 0 bridgehead atoms. The molecule has 0 aromatic heterocycles. The van der Waals surface area contributed by atoms with Crippen LogP contribution in [0, 0.1) is 0 Å². The number of carbonyl (C=O) groups is 1. The molecule has 1 unspecified atom stereocenters. The smallest absolute Gasteiger partial charge is 0.392 e. The third kappa shape index (κ3) is 5.61. The first-order valence-electron chi connectivity index (χ1n) is 6.63. The molecule has 2 nitrogen and oxygen atoms in total. The van der Waals surface area contributed by atoms with Crippen molar-refractivity contribution in [3.63, 3.8) is 0 Å². The van der Waals surface area contributed by atoms with Crippen molar-refractivity contribution >= 4 is 5.97 Å². The number of halogens is 15. The van der Waals surface area contributed by atoms with E-state index in [1.165, 1.54) is 0 Å². The summed E-state index contributed by atoms with van der Waals surface area (Å²) >= 11 is 0. The molecule has 0 fully saturated rings. The first-order valence-corrected chi connectivity index (χ1v) is 6.63. The van der Waals surface area contributed by atoms with Crippen LogP contribution in [0.3, 0.4) is 0 Å². The summed E-state index contributed by atoms with van der Waals surface area (Å²) < 4.78 is 193. The average Bonchev–Trinajstić information content (AvgIpc) is 2.48. The van der Waals surface area contributed by atoms with Gasteiger partial charge in [-0.25, -0.2) is 9.18 Å². The molecule has 0 spiro atoms. The number of hydrogen-bond donors (Lipinski definition) is 0. The maximum atomic E-state index is 13.3. The fraction of sp³-hybridized carbons (Fsp3) is 0.750. The molecule has 172 valence electrons. The second-order valence-corrected chi connectivity index (χ2v) is 5.28. The van der Waals surface area contributed by atoms with Gasteiger partial charge in [-0.05, 0) is 6.42 Å². The van der Waals surface area contributed by atoms with Crippen LogP contribution < -0.4 is 0 Å². The zero-order chi connectivity index (χ0) is 23.9. The molecule has 0 saturated carbocycles. The van der Waals surface area contributed by atoms with Gasteiger partial charge in [-0.3, -0.25) is 0 Å². The van der Waals surface area contributed by atoms with Gasteiger partial charge in [0.2, 0.25) is 0 Å². The van der Waals surface area contributed by atoms with Crippen LogP contribution in [-0.2, 0) is 9.53 Å². The lowest BCUT2D eigenvalue weighted by Gasteiger charge is -2.37. The predicted octanol–water partition coefficient (Wildman–Crippen LogP) is 5.83. The van der Waals surface area contributed by atoms with Crippen LogP contribution in [0.2, 0.25) is 0 Å². The number of esters is 1. The quantitative estimate of drug-likeness (QED) is 0.255. The summed E-state index contributed by atoms with van der Waals surface area (Å²) in [5, 5.41) is 0. The van der Waals surface area contributed by atoms with E-state index >= 15 is 0 Å². The fourth-order valence-electron chi connectivity index (χ4n) is 1.42. The zero-order valence-corrected chi connectivity index (χ0v) is 13.2. The molecular weight excluding hydrogens is 461 g/mol. The lowest BCUT2D eigenvalue weighted by molar-refractivity contribution is -0.422. The third-order valence-corrected chi connectivity index (χ3v) is 3.06. The topological polar surface area (TPSA) is 26.3 Å². The van der Waals surface area contributed by atoms with Crippen molar-refractivity contribution in [2.24, 2.45) is 0 Å². The predicted molar refractivity (Wildman–Crippen MR) is 61.3 cm³/mol. The van der Waals surface area contributed by atoms with E-state index in [1.54, 1.807) is 6.58 Å². The van der Waals surface area contributed by atoms with Crippen molar-refractivity contribution in [2.75, 3.05) is 0 Å². The molecule has 0 amide bonds. The van der Waals surface area contributed by atoms with E-state index in [1.807, 2.05) is 0 Å². The monoisotopic (exact) mass is 468 g/mol. The summed E-state index contributed by atoms with van der Waals surface area (Å²) in [7, 11) is 0. The Kier molecular flexibility index (Phi) is 7.28. The van der Waals surface area contributed by atoms with E-state index in [9.17, 15) is 70.7 Å². The minimum Gasteiger partial charge on any atom is -0.392 e. The molecule has 0 aliphatic heterocycles. The molecule has 0 rings (SSSR count). The van der Waals surface area contributed by atoms with Crippen LogP contribution in [0.1, 0.15) is 12.8 Å². The number of hydrogen-bond acceptors (Lipinski definition) is 2. The largest absolute Gasteiger partial charge is 0.473 e. The van der Waals surface area contributed by atoms with Gasteiger partial charge in [0.15, 0.2) is 6.17 Å². The van der Waals surface area contributed by atoms with Gasteiger partial charge in [-0.1, -0.05) is 6.58 Å². The van der Waals surface area contributed by atoms with E-state index in [2.05, 4.69) is 4.74 Å². The molecule has 0 saturated heterocycles. The number of rotatable bonds is 8. The summed E-state index contributed by atoms with van der Waals surface area (Å²) in [4.78, 5) is 10.7. The lowest BCUT2D eigenvalue weighted by Crippen LogP contribution is -2.65. The van der Waals surface area contributed by atoms with Crippen LogP contribution in [-0.4, -0.2) is 48.4 Å². The Hall–Kier alpha value is -1.84. The summed E-state index contributed by atoms with van der Waals surface area (Å²) in [6.45, 7) is 1.80. The van der Waals surface area contributed by atoms with Crippen LogP contribution in [0.25, 0.3) is 0 Å². The Balaban J connectivity index is 5.80. The maximum Gasteiger partial charge on any atom is 0.473 e. The van der Waals surface area contributed by atoms with Crippen molar-refractivity contribution in [1.29, 1.82) is 0 Å². The van der Waals surface area contributed by atoms with Gasteiger partial charge < -0.3 is 4.74 Å². The Morgan fingerprint density at radius 1 is 0.793 bits per heavy atom. The molecule has 17 heteroatoms. The van der Waals surface area contributed by atoms with Gasteiger partial charge in [0.05, 0.1) is 0 Å². The number of alkyl halides is 15. The minimum absolute atomic E-state index is 1.80. The van der Waals surface area contributed by atoms with Gasteiger partial charge in [0, 0.05) is 6.42 Å². The van der Waals surface area contributed by atoms with Crippen LogP contribution >= 0.6 is 0 Å². The first-order chi connectivity index (χ1) is 12.4. The Morgan fingerprint density at radius 2 is 1.21 bits per heavy atom. The SMILES string of the molecule is C=C(C(=O)OC(F)(F)C(F)(F)C(F)(F)C(F)(F)C(F)CCC(F)(F)F)C(F)(F)F. The summed E-state index contributed by atoms with van der Waals surface area (Å²) in [5.74, 6) is -25.4. The molecule has 0 heterocycles. The molecular formula is C12H7F15O2. The minimum atomic E-state index is -7.56.